The summed E-state index contributed by atoms with van der Waals surface area (Å²) < 4.78 is 4.17. The van der Waals surface area contributed by atoms with Crippen molar-refractivity contribution in [2.75, 3.05) is 0 Å². The fourth-order valence-electron chi connectivity index (χ4n) is 4.16. The molecule has 3 unspecified atom stereocenters. The third-order valence-corrected chi connectivity index (χ3v) is 11.6. The topological polar surface area (TPSA) is 0 Å². The summed E-state index contributed by atoms with van der Waals surface area (Å²) in [6.07, 6.45) is 4.27. The predicted octanol–water partition coefficient (Wildman–Crippen LogP) is 4.76. The van der Waals surface area contributed by atoms with Crippen LogP contribution >= 0.6 is 0 Å². The molecule has 1 aliphatic carbocycles. The Labute approximate surface area is 146 Å². The summed E-state index contributed by atoms with van der Waals surface area (Å²) in [6.45, 7) is 7.35. The molecule has 1 fully saturated rings. The fraction of sp³-hybridized carbons (Fsp3) is 0.455. The van der Waals surface area contributed by atoms with Crippen LogP contribution in [-0.4, -0.2) is 14.7 Å². The van der Waals surface area contributed by atoms with Gasteiger partial charge < -0.3 is 0 Å². The van der Waals surface area contributed by atoms with Crippen molar-refractivity contribution >= 4 is 23.4 Å². The van der Waals surface area contributed by atoms with Crippen molar-refractivity contribution in [2.45, 2.75) is 44.7 Å². The van der Waals surface area contributed by atoms with Gasteiger partial charge in [0.1, 0.15) is 0 Å². The summed E-state index contributed by atoms with van der Waals surface area (Å²) in [7, 11) is 0. The number of benzene rings is 2. The van der Waals surface area contributed by atoms with Crippen molar-refractivity contribution in [1.29, 1.82) is 0 Å². The minimum absolute atomic E-state index is 0.803. The summed E-state index contributed by atoms with van der Waals surface area (Å²) in [5, 5.41) is 0. The average Bonchev–Trinajstić information content (AvgIpc) is 2.57. The van der Waals surface area contributed by atoms with E-state index in [1.54, 1.807) is 8.70 Å². The molecule has 0 radical (unpaired) electrons. The second-order valence-corrected chi connectivity index (χ2v) is 12.5. The van der Waals surface area contributed by atoms with Gasteiger partial charge in [0.15, 0.2) is 0 Å². The molecule has 0 amide bonds. The zero-order valence-corrected chi connectivity index (χ0v) is 16.5. The van der Waals surface area contributed by atoms with Crippen molar-refractivity contribution in [3.8, 4) is 0 Å². The average molecular weight is 368 g/mol. The normalized spacial score (nSPS) is 25.0. The van der Waals surface area contributed by atoms with Crippen LogP contribution in [0.2, 0.25) is 4.71 Å². The van der Waals surface area contributed by atoms with Crippen LogP contribution in [0, 0.1) is 17.8 Å². The molecule has 0 saturated heterocycles. The van der Waals surface area contributed by atoms with Crippen LogP contribution in [0.4, 0.5) is 0 Å². The summed E-state index contributed by atoms with van der Waals surface area (Å²) in [4.78, 5) is 0. The van der Waals surface area contributed by atoms with Crippen LogP contribution in [0.25, 0.3) is 0 Å². The quantitative estimate of drug-likeness (QED) is 0.683. The third kappa shape index (κ3) is 3.92. The van der Waals surface area contributed by atoms with Gasteiger partial charge >= 0.3 is 147 Å². The Morgan fingerprint density at radius 3 is 1.83 bits per heavy atom. The van der Waals surface area contributed by atoms with Crippen molar-refractivity contribution in [3.05, 3.63) is 60.7 Å². The molecule has 3 rings (SSSR count). The molecular weight excluding hydrogens is 339 g/mol. The van der Waals surface area contributed by atoms with Gasteiger partial charge in [0.05, 0.1) is 0 Å². The molecule has 2 aromatic rings. The first-order valence-electron chi connectivity index (χ1n) is 9.06. The Bertz CT molecular complexity index is 550. The molecule has 0 aliphatic heterocycles. The second kappa shape index (κ2) is 7.71. The van der Waals surface area contributed by atoms with Gasteiger partial charge in [0.2, 0.25) is 0 Å². The van der Waals surface area contributed by atoms with Crippen LogP contribution in [0.5, 0.6) is 0 Å². The summed E-state index contributed by atoms with van der Waals surface area (Å²) in [6, 6.07) is 22.8. The van der Waals surface area contributed by atoms with Crippen LogP contribution < -0.4 is 8.70 Å². The van der Waals surface area contributed by atoms with Crippen molar-refractivity contribution in [3.63, 3.8) is 0 Å². The first-order valence-corrected chi connectivity index (χ1v) is 12.0. The van der Waals surface area contributed by atoms with E-state index < -0.39 is 14.7 Å². The van der Waals surface area contributed by atoms with Crippen molar-refractivity contribution in [2.24, 2.45) is 17.8 Å². The van der Waals surface area contributed by atoms with E-state index in [1.807, 2.05) is 0 Å². The molecule has 0 heterocycles. The summed E-state index contributed by atoms with van der Waals surface area (Å²) >= 11 is -1.27. The van der Waals surface area contributed by atoms with E-state index in [9.17, 15) is 0 Å². The molecule has 0 bridgehead atoms. The predicted molar refractivity (Wildman–Crippen MR) is 103 cm³/mol. The molecule has 1 aliphatic rings. The van der Waals surface area contributed by atoms with E-state index in [2.05, 4.69) is 81.4 Å². The van der Waals surface area contributed by atoms with Gasteiger partial charge in [0.25, 0.3) is 0 Å². The standard InChI is InChI=1S/C22H29As/c1-17(2)21-15-14-18(3)16-22(21)23(19-10-6-4-7-11-19)20-12-8-5-9-13-20/h4-13,17-18,21-22H,14-16H2,1-3H3. The third-order valence-electron chi connectivity index (χ3n) is 5.39. The van der Waals surface area contributed by atoms with Crippen molar-refractivity contribution in [1.82, 2.24) is 0 Å². The molecule has 0 N–H and O–H groups in total. The van der Waals surface area contributed by atoms with Gasteiger partial charge in [-0.3, -0.25) is 0 Å². The monoisotopic (exact) mass is 368 g/mol. The van der Waals surface area contributed by atoms with Gasteiger partial charge in [-0.1, -0.05) is 0 Å². The molecule has 0 nitrogen and oxygen atoms in total. The molecule has 1 heteroatoms. The molecule has 1 saturated carbocycles. The van der Waals surface area contributed by atoms with E-state index in [0.29, 0.717) is 0 Å². The molecule has 23 heavy (non-hydrogen) atoms. The first-order chi connectivity index (χ1) is 11.2. The van der Waals surface area contributed by atoms with E-state index in [1.165, 1.54) is 19.3 Å². The fourth-order valence-corrected chi connectivity index (χ4v) is 11.5. The van der Waals surface area contributed by atoms with Gasteiger partial charge in [-0.2, -0.15) is 0 Å². The number of rotatable bonds is 4. The van der Waals surface area contributed by atoms with E-state index in [-0.39, 0.29) is 0 Å². The van der Waals surface area contributed by atoms with Gasteiger partial charge in [-0.05, 0) is 0 Å². The Morgan fingerprint density at radius 1 is 0.826 bits per heavy atom. The Kier molecular flexibility index (Phi) is 5.65. The van der Waals surface area contributed by atoms with E-state index in [4.69, 9.17) is 0 Å². The molecule has 0 spiro atoms. The first kappa shape index (κ1) is 16.8. The summed E-state index contributed by atoms with van der Waals surface area (Å²) in [5.41, 5.74) is 0. The number of hydrogen-bond acceptors (Lipinski definition) is 0. The van der Waals surface area contributed by atoms with Gasteiger partial charge in [0, 0.05) is 0 Å². The Morgan fingerprint density at radius 2 is 1.35 bits per heavy atom. The van der Waals surface area contributed by atoms with Crippen LogP contribution in [0.3, 0.4) is 0 Å². The molecule has 2 aromatic carbocycles. The zero-order valence-electron chi connectivity index (χ0n) is 14.7. The second-order valence-electron chi connectivity index (χ2n) is 7.43. The van der Waals surface area contributed by atoms with Crippen molar-refractivity contribution < 1.29 is 0 Å². The zero-order chi connectivity index (χ0) is 16.2. The minimum atomic E-state index is -1.27. The SMILES string of the molecule is CC1CCC(C(C)C)C([As](c2ccccc2)c2ccccc2)C1. The van der Waals surface area contributed by atoms with E-state index in [0.717, 1.165) is 22.5 Å². The Hall–Kier alpha value is -1.00. The van der Waals surface area contributed by atoms with E-state index >= 15 is 0 Å². The molecule has 3 atom stereocenters. The van der Waals surface area contributed by atoms with Crippen LogP contribution in [0.1, 0.15) is 40.0 Å². The van der Waals surface area contributed by atoms with Crippen LogP contribution in [-0.2, 0) is 0 Å². The molecule has 0 aromatic heterocycles. The molecule has 122 valence electrons. The number of hydrogen-bond donors (Lipinski definition) is 0. The summed E-state index contributed by atoms with van der Waals surface area (Å²) in [5.74, 6) is 2.59. The maximum atomic E-state index is 2.46. The maximum absolute atomic E-state index is 2.46. The Balaban J connectivity index is 2.03. The van der Waals surface area contributed by atoms with Gasteiger partial charge in [-0.25, -0.2) is 0 Å². The molecular formula is C22H29As. The van der Waals surface area contributed by atoms with Crippen LogP contribution in [0.15, 0.2) is 60.7 Å². The van der Waals surface area contributed by atoms with Gasteiger partial charge in [-0.15, -0.1) is 0 Å².